The van der Waals surface area contributed by atoms with Crippen LogP contribution in [0.3, 0.4) is 0 Å². The highest BCUT2D eigenvalue weighted by Gasteiger charge is 2.95. The van der Waals surface area contributed by atoms with E-state index in [4.69, 9.17) is 0 Å². The van der Waals surface area contributed by atoms with Crippen LogP contribution in [0.2, 0.25) is 0 Å². The third-order valence-corrected chi connectivity index (χ3v) is 3.05. The van der Waals surface area contributed by atoms with Crippen LogP contribution < -0.4 is 0 Å². The molecule has 160 valence electrons. The van der Waals surface area contributed by atoms with Gasteiger partial charge >= 0.3 is 42.2 Å². The summed E-state index contributed by atoms with van der Waals surface area (Å²) >= 11 is 0. The topological polar surface area (TPSA) is 3.24 Å². The van der Waals surface area contributed by atoms with E-state index in [0.717, 1.165) is 0 Å². The van der Waals surface area contributed by atoms with Crippen LogP contribution in [0.15, 0.2) is 11.5 Å². The minimum atomic E-state index is -7.67. The summed E-state index contributed by atoms with van der Waals surface area (Å²) in [6.45, 7) is 0. The van der Waals surface area contributed by atoms with E-state index in [9.17, 15) is 74.6 Å². The fraction of sp³-hybridized carbons (Fsp3) is 0.778. The number of halogens is 17. The Kier molecular flexibility index (Phi) is 4.72. The second kappa shape index (κ2) is 5.45. The Morgan fingerprint density at radius 3 is 1.11 bits per heavy atom. The van der Waals surface area contributed by atoms with Crippen molar-refractivity contribution in [3.8, 4) is 0 Å². The van der Waals surface area contributed by atoms with E-state index in [2.05, 4.69) is 0 Å². The van der Waals surface area contributed by atoms with E-state index in [1.54, 1.807) is 0 Å². The zero-order chi connectivity index (χ0) is 22.2. The number of rotatable bonds is 2. The highest BCUT2D eigenvalue weighted by molar-refractivity contribution is 5.29. The van der Waals surface area contributed by atoms with Crippen LogP contribution in [0.4, 0.5) is 74.6 Å². The van der Waals surface area contributed by atoms with Gasteiger partial charge in [0, 0.05) is 0 Å². The van der Waals surface area contributed by atoms with Crippen molar-refractivity contribution >= 4 is 0 Å². The SMILES string of the molecule is FC(=C(N1C(F)(F)C(F)(F)C(F)(F)C1(F)F)C(F)(F)C(F)(F)F)C(F)(F)F. The maximum Gasteiger partial charge on any atom is 0.459 e. The molecule has 1 heterocycles. The first-order valence-corrected chi connectivity index (χ1v) is 5.63. The van der Waals surface area contributed by atoms with Crippen LogP contribution in [-0.2, 0) is 0 Å². The predicted octanol–water partition coefficient (Wildman–Crippen LogP) is 5.70. The number of nitrogens with zero attached hydrogens (tertiary/aromatic N) is 1. The van der Waals surface area contributed by atoms with Crippen molar-refractivity contribution in [1.29, 1.82) is 0 Å². The summed E-state index contributed by atoms with van der Waals surface area (Å²) in [5, 5.41) is 0. The maximum absolute atomic E-state index is 13.2. The molecular weight excluding hydrogens is 445 g/mol. The Morgan fingerprint density at radius 1 is 0.593 bits per heavy atom. The molecule has 0 N–H and O–H groups in total. The highest BCUT2D eigenvalue weighted by atomic mass is 19.4. The molecule has 18 heteroatoms. The summed E-state index contributed by atoms with van der Waals surface area (Å²) in [4.78, 5) is -3.89. The van der Waals surface area contributed by atoms with Gasteiger partial charge in [-0.3, -0.25) is 0 Å². The van der Waals surface area contributed by atoms with Crippen LogP contribution in [0.1, 0.15) is 0 Å². The third kappa shape index (κ3) is 2.76. The molecule has 0 saturated carbocycles. The van der Waals surface area contributed by atoms with Crippen LogP contribution in [0.25, 0.3) is 0 Å². The van der Waals surface area contributed by atoms with Crippen molar-refractivity contribution in [2.24, 2.45) is 0 Å². The standard InChI is InChI=1S/C9F17N/c10-1(4(13,14)15)2(3(11,12)7(20,21)22)27-8(23,24)5(16,17)6(18,19)9(27,25)26. The van der Waals surface area contributed by atoms with Gasteiger partial charge in [-0.05, 0) is 0 Å². The minimum Gasteiger partial charge on any atom is -0.237 e. The molecule has 1 fully saturated rings. The number of allylic oxidation sites excluding steroid dienone is 2. The Balaban J connectivity index is 4.07. The first kappa shape index (κ1) is 23.4. The third-order valence-electron chi connectivity index (χ3n) is 3.05. The van der Waals surface area contributed by atoms with Gasteiger partial charge in [0.15, 0.2) is 0 Å². The second-order valence-corrected chi connectivity index (χ2v) is 4.80. The fourth-order valence-corrected chi connectivity index (χ4v) is 1.76. The molecule has 0 spiro atoms. The lowest BCUT2D eigenvalue weighted by molar-refractivity contribution is -0.310. The number of alkyl halides is 16. The number of likely N-dealkylation sites (tertiary alicyclic amines) is 1. The van der Waals surface area contributed by atoms with E-state index < -0.39 is 58.6 Å². The van der Waals surface area contributed by atoms with Crippen molar-refractivity contribution in [2.45, 2.75) is 42.2 Å². The molecule has 0 bridgehead atoms. The van der Waals surface area contributed by atoms with Gasteiger partial charge in [0.05, 0.1) is 0 Å². The second-order valence-electron chi connectivity index (χ2n) is 4.80. The normalized spacial score (nSPS) is 25.4. The van der Waals surface area contributed by atoms with E-state index in [-0.39, 0.29) is 0 Å². The van der Waals surface area contributed by atoms with Gasteiger partial charge in [-0.1, -0.05) is 0 Å². The van der Waals surface area contributed by atoms with Gasteiger partial charge in [0.1, 0.15) is 5.70 Å². The monoisotopic (exact) mass is 445 g/mol. The average Bonchev–Trinajstić information content (AvgIpc) is 2.45. The summed E-state index contributed by atoms with van der Waals surface area (Å²) in [7, 11) is 0. The molecule has 1 aliphatic rings. The molecule has 1 nitrogen and oxygen atoms in total. The van der Waals surface area contributed by atoms with E-state index in [0.29, 0.717) is 0 Å². The molecule has 27 heavy (non-hydrogen) atoms. The number of hydrogen-bond donors (Lipinski definition) is 0. The summed E-state index contributed by atoms with van der Waals surface area (Å²) < 4.78 is 217. The Hall–Kier alpha value is -1.65. The Labute approximate surface area is 135 Å². The molecule has 0 aromatic heterocycles. The minimum absolute atomic E-state index is 3.89. The summed E-state index contributed by atoms with van der Waals surface area (Å²) in [6, 6.07) is -15.0. The largest absolute Gasteiger partial charge is 0.459 e. The van der Waals surface area contributed by atoms with Gasteiger partial charge in [-0.25, -0.2) is 4.90 Å². The molecular formula is C9F17N. The van der Waals surface area contributed by atoms with Crippen LogP contribution in [0.5, 0.6) is 0 Å². The van der Waals surface area contributed by atoms with Crippen LogP contribution in [0, 0.1) is 0 Å². The molecule has 0 unspecified atom stereocenters. The van der Waals surface area contributed by atoms with E-state index >= 15 is 0 Å². The van der Waals surface area contributed by atoms with Gasteiger partial charge in [-0.15, -0.1) is 0 Å². The van der Waals surface area contributed by atoms with Crippen molar-refractivity contribution in [3.05, 3.63) is 11.5 Å². The zero-order valence-corrected chi connectivity index (χ0v) is 11.4. The molecule has 0 aromatic carbocycles. The smallest absolute Gasteiger partial charge is 0.237 e. The maximum atomic E-state index is 13.2. The van der Waals surface area contributed by atoms with E-state index in [1.165, 1.54) is 0 Å². The number of hydrogen-bond acceptors (Lipinski definition) is 1. The molecule has 0 radical (unpaired) electrons. The van der Waals surface area contributed by atoms with Crippen molar-refractivity contribution in [3.63, 3.8) is 0 Å². The van der Waals surface area contributed by atoms with Crippen LogP contribution in [-0.4, -0.2) is 47.1 Å². The van der Waals surface area contributed by atoms with E-state index in [1.807, 2.05) is 0 Å². The van der Waals surface area contributed by atoms with Gasteiger partial charge in [0.2, 0.25) is 5.83 Å². The first-order chi connectivity index (χ1) is 11.4. The first-order valence-electron chi connectivity index (χ1n) is 5.63. The zero-order valence-electron chi connectivity index (χ0n) is 11.4. The molecule has 0 atom stereocenters. The fourth-order valence-electron chi connectivity index (χ4n) is 1.76. The predicted molar refractivity (Wildman–Crippen MR) is 46.8 cm³/mol. The summed E-state index contributed by atoms with van der Waals surface area (Å²) in [5.41, 5.74) is -5.16. The highest BCUT2D eigenvalue weighted by Crippen LogP contribution is 2.66. The van der Waals surface area contributed by atoms with Gasteiger partial charge in [0.25, 0.3) is 0 Å². The lowest BCUT2D eigenvalue weighted by atomic mass is 10.1. The Bertz CT molecular complexity index is 608. The van der Waals surface area contributed by atoms with Crippen molar-refractivity contribution < 1.29 is 74.6 Å². The van der Waals surface area contributed by atoms with Crippen molar-refractivity contribution in [1.82, 2.24) is 4.90 Å². The lowest BCUT2D eigenvalue weighted by Crippen LogP contribution is -2.56. The summed E-state index contributed by atoms with van der Waals surface area (Å²) in [6.07, 6.45) is -14.7. The van der Waals surface area contributed by atoms with Gasteiger partial charge < -0.3 is 0 Å². The molecule has 0 aliphatic carbocycles. The molecule has 1 rings (SSSR count). The molecule has 0 amide bonds. The lowest BCUT2D eigenvalue weighted by Gasteiger charge is -2.36. The van der Waals surface area contributed by atoms with Gasteiger partial charge in [-0.2, -0.15) is 74.6 Å². The summed E-state index contributed by atoms with van der Waals surface area (Å²) in [5.74, 6) is -27.7. The molecule has 1 saturated heterocycles. The van der Waals surface area contributed by atoms with Crippen LogP contribution >= 0.6 is 0 Å². The molecule has 1 aliphatic heterocycles. The Morgan fingerprint density at radius 2 is 0.889 bits per heavy atom. The van der Waals surface area contributed by atoms with Crippen molar-refractivity contribution in [2.75, 3.05) is 0 Å². The molecule has 0 aromatic rings. The quantitative estimate of drug-likeness (QED) is 0.390. The average molecular weight is 445 g/mol.